The summed E-state index contributed by atoms with van der Waals surface area (Å²) >= 11 is 0. The minimum absolute atomic E-state index is 0. The van der Waals surface area contributed by atoms with Gasteiger partial charge in [-0.05, 0) is 25.7 Å². The molecule has 0 bridgehead atoms. The molecule has 0 fully saturated rings. The van der Waals surface area contributed by atoms with Crippen LogP contribution in [0.1, 0.15) is 79.1 Å². The fourth-order valence-corrected chi connectivity index (χ4v) is 2.64. The molecule has 110 valence electrons. The van der Waals surface area contributed by atoms with Crippen molar-refractivity contribution >= 4 is 0 Å². The van der Waals surface area contributed by atoms with Crippen LogP contribution in [0.4, 0.5) is 0 Å². The van der Waals surface area contributed by atoms with Crippen molar-refractivity contribution in [3.63, 3.8) is 0 Å². The molecule has 0 aromatic carbocycles. The van der Waals surface area contributed by atoms with Crippen molar-refractivity contribution in [2.24, 2.45) is 0 Å². The monoisotopic (exact) mass is 344 g/mol. The minimum atomic E-state index is 0. The van der Waals surface area contributed by atoms with Crippen LogP contribution in [0.3, 0.4) is 0 Å². The third-order valence-corrected chi connectivity index (χ3v) is 3.94. The van der Waals surface area contributed by atoms with Crippen LogP contribution in [0.2, 0.25) is 0 Å². The number of unbranched alkanes of at least 4 members (excludes halogenated alkanes) is 4. The van der Waals surface area contributed by atoms with Crippen molar-refractivity contribution in [2.45, 2.75) is 79.1 Å². The summed E-state index contributed by atoms with van der Waals surface area (Å²) in [5.74, 6) is 0. The third-order valence-electron chi connectivity index (χ3n) is 3.94. The van der Waals surface area contributed by atoms with Crippen molar-refractivity contribution in [3.05, 3.63) is 0 Å². The molecule has 0 heterocycles. The number of quaternary nitrogens is 1. The summed E-state index contributed by atoms with van der Waals surface area (Å²) in [4.78, 5) is 0. The van der Waals surface area contributed by atoms with Crippen LogP contribution in [0.15, 0.2) is 0 Å². The molecule has 0 N–H and O–H groups in total. The van der Waals surface area contributed by atoms with E-state index in [1.54, 1.807) is 0 Å². The quantitative estimate of drug-likeness (QED) is 0.345. The van der Waals surface area contributed by atoms with Gasteiger partial charge in [0.25, 0.3) is 0 Å². The number of rotatable bonds is 12. The van der Waals surface area contributed by atoms with Gasteiger partial charge in [0, 0.05) is 0 Å². The Bertz CT molecular complexity index is 122. The van der Waals surface area contributed by atoms with E-state index in [0.717, 1.165) is 0 Å². The number of hydrogen-bond acceptors (Lipinski definition) is 0. The van der Waals surface area contributed by atoms with E-state index >= 15 is 0 Å². The van der Waals surface area contributed by atoms with Gasteiger partial charge in [-0.1, -0.05) is 53.4 Å². The molecule has 18 heavy (non-hydrogen) atoms. The van der Waals surface area contributed by atoms with E-state index in [4.69, 9.17) is 0 Å². The van der Waals surface area contributed by atoms with Crippen LogP contribution in [-0.2, 0) is 19.5 Å². The summed E-state index contributed by atoms with van der Waals surface area (Å²) in [7, 11) is 0. The Morgan fingerprint density at radius 1 is 0.500 bits per heavy atom. The Labute approximate surface area is 129 Å². The predicted octanol–water partition coefficient (Wildman–Crippen LogP) is 5.00. The van der Waals surface area contributed by atoms with Crippen LogP contribution in [0, 0.1) is 0 Å². The third kappa shape index (κ3) is 9.51. The summed E-state index contributed by atoms with van der Waals surface area (Å²) < 4.78 is 1.42. The van der Waals surface area contributed by atoms with Gasteiger partial charge in [-0.15, -0.1) is 0 Å². The maximum atomic E-state index is 2.33. The van der Waals surface area contributed by atoms with Gasteiger partial charge in [-0.3, -0.25) is 0 Å². The van der Waals surface area contributed by atoms with Crippen LogP contribution in [0.25, 0.3) is 0 Å². The normalized spacial score (nSPS) is 11.3. The summed E-state index contributed by atoms with van der Waals surface area (Å²) in [5, 5.41) is 0. The molecule has 1 nitrogen and oxygen atoms in total. The minimum Gasteiger partial charge on any atom is -0.324 e. The molecule has 0 aliphatic rings. The molecule has 0 saturated carbocycles. The molecular formula is C16H36NRu+3. The fraction of sp³-hybridized carbons (Fsp3) is 1.00. The Morgan fingerprint density at radius 3 is 0.889 bits per heavy atom. The summed E-state index contributed by atoms with van der Waals surface area (Å²) in [5.41, 5.74) is 0. The smallest absolute Gasteiger partial charge is 0.324 e. The second kappa shape index (κ2) is 14.0. The van der Waals surface area contributed by atoms with Crippen LogP contribution in [-0.4, -0.2) is 30.7 Å². The second-order valence-electron chi connectivity index (χ2n) is 5.65. The predicted molar refractivity (Wildman–Crippen MR) is 79.4 cm³/mol. The zero-order chi connectivity index (χ0) is 13.0. The molecule has 0 aromatic rings. The van der Waals surface area contributed by atoms with Crippen LogP contribution >= 0.6 is 0 Å². The van der Waals surface area contributed by atoms with Crippen molar-refractivity contribution in [3.8, 4) is 0 Å². The first-order valence-electron chi connectivity index (χ1n) is 8.09. The SMILES string of the molecule is CCCC[N+](CCCC)(CCCC)CCCC.[Ru+2]. The molecule has 0 radical (unpaired) electrons. The van der Waals surface area contributed by atoms with Crippen molar-refractivity contribution in [1.82, 2.24) is 0 Å². The largest absolute Gasteiger partial charge is 2.00 e. The Morgan fingerprint density at radius 2 is 0.722 bits per heavy atom. The van der Waals surface area contributed by atoms with E-state index in [0.29, 0.717) is 0 Å². The molecule has 0 spiro atoms. The van der Waals surface area contributed by atoms with Crippen molar-refractivity contribution in [2.75, 3.05) is 26.2 Å². The number of hydrogen-bond donors (Lipinski definition) is 0. The molecule has 2 heteroatoms. The zero-order valence-electron chi connectivity index (χ0n) is 13.3. The van der Waals surface area contributed by atoms with Gasteiger partial charge < -0.3 is 4.48 Å². The maximum absolute atomic E-state index is 2.33. The molecular weight excluding hydrogens is 307 g/mol. The zero-order valence-corrected chi connectivity index (χ0v) is 15.0. The molecule has 0 aliphatic carbocycles. The van der Waals surface area contributed by atoms with Crippen LogP contribution < -0.4 is 0 Å². The molecule has 0 aliphatic heterocycles. The van der Waals surface area contributed by atoms with Gasteiger partial charge in [-0.2, -0.15) is 0 Å². The average Bonchev–Trinajstić information content (AvgIpc) is 2.37. The van der Waals surface area contributed by atoms with Gasteiger partial charge in [0.1, 0.15) is 0 Å². The van der Waals surface area contributed by atoms with Crippen LogP contribution in [0.5, 0.6) is 0 Å². The molecule has 0 unspecified atom stereocenters. The summed E-state index contributed by atoms with van der Waals surface area (Å²) in [6.45, 7) is 15.0. The Kier molecular flexibility index (Phi) is 16.3. The van der Waals surface area contributed by atoms with Gasteiger partial charge in [-0.25, -0.2) is 0 Å². The molecule has 0 aromatic heterocycles. The van der Waals surface area contributed by atoms with E-state index in [-0.39, 0.29) is 19.5 Å². The van der Waals surface area contributed by atoms with E-state index in [9.17, 15) is 0 Å². The molecule has 0 amide bonds. The first-order valence-corrected chi connectivity index (χ1v) is 8.09. The molecule has 0 rings (SSSR count). The van der Waals surface area contributed by atoms with Gasteiger partial charge in [0.2, 0.25) is 0 Å². The number of nitrogens with zero attached hydrogens (tertiary/aromatic N) is 1. The standard InChI is InChI=1S/C16H36N.Ru/c1-5-9-13-17(14-10-6-2,15-11-7-3)16-12-8-4;/h5-16H2,1-4H3;/q+1;+2. The van der Waals surface area contributed by atoms with E-state index in [1.165, 1.54) is 82.0 Å². The maximum Gasteiger partial charge on any atom is 2.00 e. The van der Waals surface area contributed by atoms with Gasteiger partial charge >= 0.3 is 19.5 Å². The first kappa shape index (κ1) is 20.9. The Hall–Kier alpha value is 0.583. The molecule has 0 saturated heterocycles. The summed E-state index contributed by atoms with van der Waals surface area (Å²) in [6, 6.07) is 0. The van der Waals surface area contributed by atoms with Crippen molar-refractivity contribution < 1.29 is 24.0 Å². The summed E-state index contributed by atoms with van der Waals surface area (Å²) in [6.07, 6.45) is 11.1. The first-order chi connectivity index (χ1) is 8.24. The Balaban J connectivity index is 0. The van der Waals surface area contributed by atoms with Gasteiger partial charge in [0.15, 0.2) is 0 Å². The van der Waals surface area contributed by atoms with E-state index in [2.05, 4.69) is 27.7 Å². The average molecular weight is 344 g/mol. The fourth-order valence-electron chi connectivity index (χ4n) is 2.64. The van der Waals surface area contributed by atoms with E-state index < -0.39 is 0 Å². The molecule has 0 atom stereocenters. The topological polar surface area (TPSA) is 0 Å². The second-order valence-corrected chi connectivity index (χ2v) is 5.65. The van der Waals surface area contributed by atoms with E-state index in [1.807, 2.05) is 0 Å². The van der Waals surface area contributed by atoms with Gasteiger partial charge in [0.05, 0.1) is 26.2 Å². The van der Waals surface area contributed by atoms with Crippen molar-refractivity contribution in [1.29, 1.82) is 0 Å².